The Morgan fingerprint density at radius 2 is 1.17 bits per heavy atom. The van der Waals surface area contributed by atoms with Gasteiger partial charge in [0.1, 0.15) is 0 Å². The Hall–Kier alpha value is -3.62. The van der Waals surface area contributed by atoms with Crippen molar-refractivity contribution in [2.45, 2.75) is 124 Å². The van der Waals surface area contributed by atoms with Gasteiger partial charge in [-0.3, -0.25) is 14.5 Å². The third-order valence-corrected chi connectivity index (χ3v) is 13.5. The van der Waals surface area contributed by atoms with E-state index in [1.807, 2.05) is 11.0 Å². The minimum atomic E-state index is 0.200. The van der Waals surface area contributed by atoms with Crippen LogP contribution < -0.4 is 5.32 Å². The van der Waals surface area contributed by atoms with Gasteiger partial charge in [-0.1, -0.05) is 26.7 Å². The Morgan fingerprint density at radius 1 is 0.660 bits per heavy atom. The smallest absolute Gasteiger partial charge is 0.253 e. The first-order valence-corrected chi connectivity index (χ1v) is 21.2. The maximum Gasteiger partial charge on any atom is 0.253 e. The van der Waals surface area contributed by atoms with Gasteiger partial charge in [0.25, 0.3) is 11.8 Å². The lowest BCUT2D eigenvalue weighted by Crippen LogP contribution is -2.38. The zero-order valence-electron chi connectivity index (χ0n) is 32.9. The van der Waals surface area contributed by atoms with Crippen molar-refractivity contribution < 1.29 is 9.59 Å². The fourth-order valence-electron chi connectivity index (χ4n) is 10.2. The number of amides is 2. The normalized spacial score (nSPS) is 20.5. The van der Waals surface area contributed by atoms with Crippen molar-refractivity contribution in [2.75, 3.05) is 39.3 Å². The molecule has 6 heterocycles. The molecule has 0 spiro atoms. The summed E-state index contributed by atoms with van der Waals surface area (Å²) < 4.78 is 4.91. The molecule has 8 nitrogen and oxygen atoms in total. The fourth-order valence-corrected chi connectivity index (χ4v) is 10.2. The molecule has 5 aliphatic rings. The number of fused-ring (bicyclic) bond motifs is 6. The van der Waals surface area contributed by atoms with E-state index >= 15 is 0 Å². The molecule has 2 aromatic carbocycles. The average molecular weight is 719 g/mol. The SMILES string of the molecule is CCn1c2c(c3cc(C(=O)N4CCC(C)CC4)ccc31)CN(C1CCCC1)CC2.CCn1c2c(c3cc(C(=O)N4CCC(C)CC4)ccc31)CNCC2. The first-order valence-electron chi connectivity index (χ1n) is 21.2. The third kappa shape index (κ3) is 7.06. The summed E-state index contributed by atoms with van der Waals surface area (Å²) in [4.78, 5) is 32.9. The first-order chi connectivity index (χ1) is 25.8. The number of aryl methyl sites for hydroxylation is 2. The summed E-state index contributed by atoms with van der Waals surface area (Å²) in [5, 5.41) is 6.06. The Labute approximate surface area is 316 Å². The molecule has 3 fully saturated rings. The maximum atomic E-state index is 13.2. The van der Waals surface area contributed by atoms with Crippen LogP contribution in [0.4, 0.5) is 0 Å². The number of hydrogen-bond acceptors (Lipinski definition) is 4. The van der Waals surface area contributed by atoms with E-state index in [1.54, 1.807) is 0 Å². The van der Waals surface area contributed by atoms with Gasteiger partial charge < -0.3 is 24.3 Å². The zero-order chi connectivity index (χ0) is 36.6. The van der Waals surface area contributed by atoms with Gasteiger partial charge in [-0.15, -0.1) is 0 Å². The second kappa shape index (κ2) is 15.6. The first kappa shape index (κ1) is 36.4. The van der Waals surface area contributed by atoms with E-state index in [1.165, 1.54) is 76.5 Å². The lowest BCUT2D eigenvalue weighted by molar-refractivity contribution is 0.0689. The molecule has 2 aromatic heterocycles. The predicted molar refractivity (Wildman–Crippen MR) is 216 cm³/mol. The molecule has 284 valence electrons. The highest BCUT2D eigenvalue weighted by Crippen LogP contribution is 2.36. The molecule has 1 saturated carbocycles. The third-order valence-electron chi connectivity index (χ3n) is 13.5. The van der Waals surface area contributed by atoms with Crippen molar-refractivity contribution in [2.24, 2.45) is 11.8 Å². The standard InChI is InChI=1S/C25H35N3O.C20H27N3O/c1-3-28-23-9-8-19(25(29)26-13-10-18(2)11-14-26)16-21(23)22-17-27(15-12-24(22)28)20-6-4-5-7-20;1-3-23-18-5-4-15(20(24)22-10-7-14(2)8-11-22)12-16(18)17-13-21-9-6-19(17)23/h8-9,16,18,20H,3-7,10-15,17H2,1-2H3;4-5,12,14,21H,3,6-11,13H2,1-2H3. The largest absolute Gasteiger partial charge is 0.344 e. The van der Waals surface area contributed by atoms with Crippen molar-refractivity contribution in [3.63, 3.8) is 0 Å². The van der Waals surface area contributed by atoms with E-state index in [-0.39, 0.29) is 11.8 Å². The number of piperidine rings is 2. The molecule has 2 amide bonds. The van der Waals surface area contributed by atoms with Crippen molar-refractivity contribution >= 4 is 33.6 Å². The number of carbonyl (C=O) groups excluding carboxylic acids is 2. The van der Waals surface area contributed by atoms with Gasteiger partial charge in [0.05, 0.1) is 0 Å². The van der Waals surface area contributed by atoms with Crippen molar-refractivity contribution in [3.05, 3.63) is 70.0 Å². The molecule has 4 aromatic rings. The van der Waals surface area contributed by atoms with Crippen LogP contribution in [0.25, 0.3) is 21.8 Å². The summed E-state index contributed by atoms with van der Waals surface area (Å²) in [6.45, 7) is 18.8. The number of nitrogens with zero attached hydrogens (tertiary/aromatic N) is 5. The number of aromatic nitrogens is 2. The molecular formula is C45H62N6O2. The highest BCUT2D eigenvalue weighted by Gasteiger charge is 2.31. The summed E-state index contributed by atoms with van der Waals surface area (Å²) in [6.07, 6.45) is 12.2. The van der Waals surface area contributed by atoms with Crippen LogP contribution >= 0.6 is 0 Å². The monoisotopic (exact) mass is 718 g/mol. The number of likely N-dealkylation sites (tertiary alicyclic amines) is 2. The predicted octanol–water partition coefficient (Wildman–Crippen LogP) is 8.01. The van der Waals surface area contributed by atoms with Crippen molar-refractivity contribution in [3.8, 4) is 0 Å². The number of hydrogen-bond donors (Lipinski definition) is 1. The zero-order valence-corrected chi connectivity index (χ0v) is 32.9. The van der Waals surface area contributed by atoms with Crippen LogP contribution in [0.2, 0.25) is 0 Å². The quantitative estimate of drug-likeness (QED) is 0.227. The Morgan fingerprint density at radius 3 is 1.70 bits per heavy atom. The van der Waals surface area contributed by atoms with Gasteiger partial charge in [0.2, 0.25) is 0 Å². The number of rotatable bonds is 5. The molecule has 53 heavy (non-hydrogen) atoms. The molecule has 9 rings (SSSR count). The molecule has 0 atom stereocenters. The highest BCUT2D eigenvalue weighted by atomic mass is 16.2. The van der Waals surface area contributed by atoms with Crippen LogP contribution in [0.1, 0.15) is 122 Å². The Kier molecular flexibility index (Phi) is 10.7. The average Bonchev–Trinajstić information content (AvgIpc) is 3.93. The lowest BCUT2D eigenvalue weighted by Gasteiger charge is -2.33. The molecule has 2 saturated heterocycles. The van der Waals surface area contributed by atoms with Crippen LogP contribution in [0.3, 0.4) is 0 Å². The second-order valence-electron chi connectivity index (χ2n) is 16.8. The fraction of sp³-hybridized carbons (Fsp3) is 0.600. The minimum Gasteiger partial charge on any atom is -0.344 e. The molecule has 1 aliphatic carbocycles. The molecule has 0 radical (unpaired) electrons. The number of carbonyl (C=O) groups is 2. The van der Waals surface area contributed by atoms with E-state index in [0.29, 0.717) is 0 Å². The summed E-state index contributed by atoms with van der Waals surface area (Å²) in [7, 11) is 0. The van der Waals surface area contributed by atoms with Crippen LogP contribution in [0.5, 0.6) is 0 Å². The van der Waals surface area contributed by atoms with E-state index in [2.05, 4.69) is 82.3 Å². The Balaban J connectivity index is 0.000000154. The topological polar surface area (TPSA) is 65.8 Å². The van der Waals surface area contributed by atoms with Crippen LogP contribution in [0.15, 0.2) is 36.4 Å². The van der Waals surface area contributed by atoms with E-state index < -0.39 is 0 Å². The van der Waals surface area contributed by atoms with Crippen LogP contribution in [-0.2, 0) is 39.0 Å². The summed E-state index contributed by atoms with van der Waals surface area (Å²) in [5.74, 6) is 1.91. The molecule has 1 N–H and O–H groups in total. The van der Waals surface area contributed by atoms with E-state index in [4.69, 9.17) is 0 Å². The molecule has 4 aliphatic heterocycles. The molecule has 0 bridgehead atoms. The Bertz CT molecular complexity index is 1950. The number of benzene rings is 2. The maximum absolute atomic E-state index is 13.2. The van der Waals surface area contributed by atoms with Crippen LogP contribution in [0, 0.1) is 11.8 Å². The van der Waals surface area contributed by atoms with E-state index in [9.17, 15) is 9.59 Å². The van der Waals surface area contributed by atoms with Gasteiger partial charge >= 0.3 is 0 Å². The highest BCUT2D eigenvalue weighted by molar-refractivity contribution is 6.00. The molecule has 0 unspecified atom stereocenters. The second-order valence-corrected chi connectivity index (χ2v) is 16.8. The van der Waals surface area contributed by atoms with Crippen LogP contribution in [-0.4, -0.2) is 81.0 Å². The molecule has 8 heteroatoms. The summed E-state index contributed by atoms with van der Waals surface area (Å²) in [6, 6.07) is 13.5. The van der Waals surface area contributed by atoms with Gasteiger partial charge in [-0.25, -0.2) is 0 Å². The lowest BCUT2D eigenvalue weighted by atomic mass is 9.98. The van der Waals surface area contributed by atoms with Gasteiger partial charge in [0.15, 0.2) is 0 Å². The molecular weight excluding hydrogens is 657 g/mol. The van der Waals surface area contributed by atoms with Crippen molar-refractivity contribution in [1.82, 2.24) is 29.2 Å². The van der Waals surface area contributed by atoms with Crippen molar-refractivity contribution in [1.29, 1.82) is 0 Å². The van der Waals surface area contributed by atoms with Gasteiger partial charge in [-0.2, -0.15) is 0 Å². The van der Waals surface area contributed by atoms with Gasteiger partial charge in [0, 0.05) is 129 Å². The summed E-state index contributed by atoms with van der Waals surface area (Å²) in [5.41, 5.74) is 10.1. The minimum absolute atomic E-state index is 0.200. The van der Waals surface area contributed by atoms with Gasteiger partial charge in [-0.05, 0) is 112 Å². The number of nitrogens with one attached hydrogen (secondary N) is 1. The summed E-state index contributed by atoms with van der Waals surface area (Å²) >= 11 is 0. The van der Waals surface area contributed by atoms with E-state index in [0.717, 1.165) is 126 Å².